The van der Waals surface area contributed by atoms with Crippen molar-refractivity contribution >= 4 is 18.3 Å². The van der Waals surface area contributed by atoms with Crippen LogP contribution in [0, 0.1) is 6.92 Å². The first-order valence-electron chi connectivity index (χ1n) is 6.28. The minimum atomic E-state index is -0.656. The number of carbonyl (C=O) groups is 3. The predicted octanol–water partition coefficient (Wildman–Crippen LogP) is 1.97. The maximum Gasteiger partial charge on any atom is 0.355 e. The molecule has 0 spiro atoms. The lowest BCUT2D eigenvalue weighted by Crippen LogP contribution is -2.24. The van der Waals surface area contributed by atoms with Crippen LogP contribution < -0.4 is 0 Å². The van der Waals surface area contributed by atoms with Crippen molar-refractivity contribution in [1.82, 2.24) is 4.57 Å². The molecule has 6 heteroatoms. The Morgan fingerprint density at radius 2 is 1.90 bits per heavy atom. The molecule has 0 atom stereocenters. The highest BCUT2D eigenvalue weighted by atomic mass is 16.6. The maximum atomic E-state index is 12.0. The number of hydrogen-bond acceptors (Lipinski definition) is 5. The van der Waals surface area contributed by atoms with Crippen molar-refractivity contribution in [3.63, 3.8) is 0 Å². The number of hydrogen-bond donors (Lipinski definition) is 0. The van der Waals surface area contributed by atoms with Gasteiger partial charge in [-0.25, -0.2) is 9.59 Å². The topological polar surface area (TPSA) is 74.6 Å². The standard InChI is InChI=1S/C14H19NO5/c1-6-19-13(18)11-9(2)10(7-15(11)8-16)12(17)20-14(3,4)5/h7-8H,6H2,1-5H3. The lowest BCUT2D eigenvalue weighted by atomic mass is 10.1. The lowest BCUT2D eigenvalue weighted by molar-refractivity contribution is 0.00689. The van der Waals surface area contributed by atoms with E-state index in [0.717, 1.165) is 4.57 Å². The molecule has 1 rings (SSSR count). The number of aromatic nitrogens is 1. The van der Waals surface area contributed by atoms with Crippen LogP contribution >= 0.6 is 0 Å². The zero-order valence-corrected chi connectivity index (χ0v) is 12.4. The van der Waals surface area contributed by atoms with E-state index < -0.39 is 17.5 Å². The molecule has 1 aromatic rings. The summed E-state index contributed by atoms with van der Waals surface area (Å²) in [5.74, 6) is -1.23. The summed E-state index contributed by atoms with van der Waals surface area (Å²) in [6.07, 6.45) is 1.73. The van der Waals surface area contributed by atoms with Crippen LogP contribution in [0.3, 0.4) is 0 Å². The van der Waals surface area contributed by atoms with Crippen LogP contribution in [0.1, 0.15) is 54.1 Å². The van der Waals surface area contributed by atoms with Crippen molar-refractivity contribution < 1.29 is 23.9 Å². The number of carbonyl (C=O) groups excluding carboxylic acids is 3. The van der Waals surface area contributed by atoms with Gasteiger partial charge in [-0.1, -0.05) is 0 Å². The lowest BCUT2D eigenvalue weighted by Gasteiger charge is -2.19. The van der Waals surface area contributed by atoms with Crippen LogP contribution in [-0.2, 0) is 14.3 Å². The summed E-state index contributed by atoms with van der Waals surface area (Å²) >= 11 is 0. The fraction of sp³-hybridized carbons (Fsp3) is 0.500. The van der Waals surface area contributed by atoms with Crippen LogP contribution in [0.15, 0.2) is 6.20 Å². The summed E-state index contributed by atoms with van der Waals surface area (Å²) < 4.78 is 11.1. The molecular weight excluding hydrogens is 262 g/mol. The third kappa shape index (κ3) is 3.46. The molecule has 0 fully saturated rings. The third-order valence-corrected chi connectivity index (χ3v) is 2.49. The summed E-state index contributed by atoms with van der Waals surface area (Å²) in [5, 5.41) is 0. The summed E-state index contributed by atoms with van der Waals surface area (Å²) in [6, 6.07) is 0. The maximum absolute atomic E-state index is 12.0. The van der Waals surface area contributed by atoms with Crippen LogP contribution in [0.4, 0.5) is 0 Å². The van der Waals surface area contributed by atoms with Crippen LogP contribution in [0.2, 0.25) is 0 Å². The minimum absolute atomic E-state index is 0.0442. The van der Waals surface area contributed by atoms with Crippen molar-refractivity contribution in [2.24, 2.45) is 0 Å². The average Bonchev–Trinajstić information content (AvgIpc) is 2.64. The van der Waals surface area contributed by atoms with E-state index >= 15 is 0 Å². The molecule has 0 aliphatic carbocycles. The second-order valence-corrected chi connectivity index (χ2v) is 5.25. The van der Waals surface area contributed by atoms with Gasteiger partial charge in [0, 0.05) is 6.20 Å². The zero-order chi connectivity index (χ0) is 15.5. The van der Waals surface area contributed by atoms with E-state index in [9.17, 15) is 14.4 Å². The monoisotopic (exact) mass is 281 g/mol. The molecule has 0 radical (unpaired) electrons. The van der Waals surface area contributed by atoms with Crippen molar-refractivity contribution in [3.8, 4) is 0 Å². The van der Waals surface area contributed by atoms with E-state index in [0.29, 0.717) is 12.0 Å². The van der Waals surface area contributed by atoms with Gasteiger partial charge < -0.3 is 9.47 Å². The normalized spacial score (nSPS) is 11.1. The van der Waals surface area contributed by atoms with Crippen LogP contribution in [0.25, 0.3) is 0 Å². The van der Waals surface area contributed by atoms with Gasteiger partial charge in [-0.3, -0.25) is 9.36 Å². The van der Waals surface area contributed by atoms with Crippen molar-refractivity contribution in [2.45, 2.75) is 40.2 Å². The number of esters is 2. The van der Waals surface area contributed by atoms with Crippen molar-refractivity contribution in [3.05, 3.63) is 23.0 Å². The van der Waals surface area contributed by atoms with E-state index in [-0.39, 0.29) is 17.9 Å². The van der Waals surface area contributed by atoms with Gasteiger partial charge in [0.15, 0.2) is 0 Å². The molecule has 0 aliphatic rings. The fourth-order valence-electron chi connectivity index (χ4n) is 1.70. The summed E-state index contributed by atoms with van der Waals surface area (Å²) in [6.45, 7) is 8.64. The highest BCUT2D eigenvalue weighted by molar-refractivity contribution is 5.99. The Balaban J connectivity index is 3.21. The molecule has 0 aliphatic heterocycles. The molecule has 0 aromatic carbocycles. The minimum Gasteiger partial charge on any atom is -0.461 e. The zero-order valence-electron chi connectivity index (χ0n) is 12.4. The Morgan fingerprint density at radius 1 is 1.30 bits per heavy atom. The predicted molar refractivity (Wildman–Crippen MR) is 72.4 cm³/mol. The van der Waals surface area contributed by atoms with E-state index in [1.165, 1.54) is 6.20 Å². The Labute approximate surface area is 117 Å². The van der Waals surface area contributed by atoms with Gasteiger partial charge in [-0.2, -0.15) is 0 Å². The van der Waals surface area contributed by atoms with Gasteiger partial charge in [0.2, 0.25) is 6.41 Å². The van der Waals surface area contributed by atoms with E-state index in [4.69, 9.17) is 9.47 Å². The summed E-state index contributed by atoms with van der Waals surface area (Å²) in [5.41, 5.74) is -0.0701. The molecule has 0 saturated heterocycles. The molecule has 0 N–H and O–H groups in total. The number of ether oxygens (including phenoxy) is 2. The Morgan fingerprint density at radius 3 is 2.35 bits per heavy atom. The second kappa shape index (κ2) is 5.90. The number of nitrogens with zero attached hydrogens (tertiary/aromatic N) is 1. The first-order chi connectivity index (χ1) is 9.21. The van der Waals surface area contributed by atoms with Crippen LogP contribution in [-0.4, -0.2) is 35.1 Å². The number of rotatable bonds is 4. The molecule has 0 saturated carbocycles. The van der Waals surface area contributed by atoms with E-state index in [1.54, 1.807) is 34.6 Å². The van der Waals surface area contributed by atoms with Gasteiger partial charge in [-0.05, 0) is 40.2 Å². The van der Waals surface area contributed by atoms with Crippen molar-refractivity contribution in [1.29, 1.82) is 0 Å². The first kappa shape index (κ1) is 15.9. The quantitative estimate of drug-likeness (QED) is 0.623. The molecule has 0 bridgehead atoms. The Bertz CT molecular complexity index is 536. The average molecular weight is 281 g/mol. The SMILES string of the molecule is CCOC(=O)c1c(C)c(C(=O)OC(C)(C)C)cn1C=O. The summed E-state index contributed by atoms with van der Waals surface area (Å²) in [7, 11) is 0. The fourth-order valence-corrected chi connectivity index (χ4v) is 1.70. The smallest absolute Gasteiger partial charge is 0.355 e. The molecule has 0 amide bonds. The molecule has 1 aromatic heterocycles. The highest BCUT2D eigenvalue weighted by Gasteiger charge is 2.26. The van der Waals surface area contributed by atoms with Gasteiger partial charge in [-0.15, -0.1) is 0 Å². The Hall–Kier alpha value is -2.11. The molecule has 1 heterocycles. The van der Waals surface area contributed by atoms with E-state index in [1.807, 2.05) is 0 Å². The van der Waals surface area contributed by atoms with Gasteiger partial charge >= 0.3 is 11.9 Å². The van der Waals surface area contributed by atoms with E-state index in [2.05, 4.69) is 0 Å². The van der Waals surface area contributed by atoms with Gasteiger partial charge in [0.05, 0.1) is 12.2 Å². The van der Waals surface area contributed by atoms with Crippen LogP contribution in [0.5, 0.6) is 0 Å². The third-order valence-electron chi connectivity index (χ3n) is 2.49. The molecule has 0 unspecified atom stereocenters. The highest BCUT2D eigenvalue weighted by Crippen LogP contribution is 2.20. The summed E-state index contributed by atoms with van der Waals surface area (Å²) in [4.78, 5) is 34.9. The van der Waals surface area contributed by atoms with Crippen molar-refractivity contribution in [2.75, 3.05) is 6.61 Å². The molecule has 110 valence electrons. The molecule has 6 nitrogen and oxygen atoms in total. The van der Waals surface area contributed by atoms with Gasteiger partial charge in [0.25, 0.3) is 0 Å². The molecule has 20 heavy (non-hydrogen) atoms. The van der Waals surface area contributed by atoms with Gasteiger partial charge in [0.1, 0.15) is 11.3 Å². The second-order valence-electron chi connectivity index (χ2n) is 5.25. The first-order valence-corrected chi connectivity index (χ1v) is 6.28. The largest absolute Gasteiger partial charge is 0.461 e. The Kier molecular flexibility index (Phi) is 4.70. The molecular formula is C14H19NO5.